The molecule has 2 heterocycles. The number of aryl methyl sites for hydroxylation is 1. The van der Waals surface area contributed by atoms with E-state index in [-0.39, 0.29) is 40.3 Å². The van der Waals surface area contributed by atoms with Gasteiger partial charge in [-0.05, 0) is 29.8 Å². The quantitative estimate of drug-likeness (QED) is 0.214. The van der Waals surface area contributed by atoms with Crippen LogP contribution in [0.4, 0.5) is 13.2 Å². The molecule has 4 aromatic rings. The summed E-state index contributed by atoms with van der Waals surface area (Å²) in [6, 6.07) is 10.9. The van der Waals surface area contributed by atoms with Gasteiger partial charge in [0.2, 0.25) is 11.2 Å². The van der Waals surface area contributed by atoms with Crippen molar-refractivity contribution in [3.8, 4) is 16.9 Å². The predicted octanol–water partition coefficient (Wildman–Crippen LogP) is 6.42. The van der Waals surface area contributed by atoms with Crippen molar-refractivity contribution < 1.29 is 31.6 Å². The first kappa shape index (κ1) is 23.1. The van der Waals surface area contributed by atoms with E-state index in [4.69, 9.17) is 25.3 Å². The predicted molar refractivity (Wildman–Crippen MR) is 116 cm³/mol. The van der Waals surface area contributed by atoms with Gasteiger partial charge in [-0.15, -0.1) is 0 Å². The summed E-state index contributed by atoms with van der Waals surface area (Å²) in [5, 5.41) is 3.54. The van der Waals surface area contributed by atoms with Crippen molar-refractivity contribution in [1.82, 2.24) is 5.16 Å². The first-order chi connectivity index (χ1) is 15.6. The lowest BCUT2D eigenvalue weighted by Gasteiger charge is -2.13. The number of carbonyl (C=O) groups is 1. The zero-order valence-electron chi connectivity index (χ0n) is 16.4. The van der Waals surface area contributed by atoms with E-state index >= 15 is 0 Å². The smallest absolute Gasteiger partial charge is 0.450 e. The standard InChI is InChI=1S/C22H12BrClF3NO5/c23-12-3-1-11(2-4-12)19-20(30)15-7-5-13(9-16(15)32-21(19)22(25,26)27)31-18(29)8-6-14-10-17(24)28-33-14/h1-5,7,9-10H,6,8H2. The normalized spacial score (nSPS) is 11.7. The van der Waals surface area contributed by atoms with Crippen LogP contribution in [0, 0.1) is 0 Å². The van der Waals surface area contributed by atoms with Crippen LogP contribution < -0.4 is 10.2 Å². The molecule has 0 aliphatic rings. The minimum absolute atomic E-state index is 0.0594. The van der Waals surface area contributed by atoms with E-state index in [1.165, 1.54) is 42.5 Å². The summed E-state index contributed by atoms with van der Waals surface area (Å²) in [5.74, 6) is -1.81. The van der Waals surface area contributed by atoms with Gasteiger partial charge >= 0.3 is 12.1 Å². The maximum Gasteiger partial charge on any atom is 0.450 e. The molecule has 33 heavy (non-hydrogen) atoms. The lowest BCUT2D eigenvalue weighted by atomic mass is 10.0. The maximum absolute atomic E-state index is 13.7. The molecule has 2 aromatic heterocycles. The van der Waals surface area contributed by atoms with Crippen LogP contribution in [0.1, 0.15) is 17.9 Å². The molecule has 170 valence electrons. The molecule has 0 N–H and O–H groups in total. The minimum Gasteiger partial charge on any atom is -0.450 e. The molecule has 4 rings (SSSR count). The van der Waals surface area contributed by atoms with Crippen LogP contribution in [0.2, 0.25) is 5.15 Å². The molecule has 0 fully saturated rings. The van der Waals surface area contributed by atoms with Crippen molar-refractivity contribution in [3.05, 3.63) is 79.9 Å². The van der Waals surface area contributed by atoms with Gasteiger partial charge in [-0.25, -0.2) is 0 Å². The fourth-order valence-electron chi connectivity index (χ4n) is 3.13. The van der Waals surface area contributed by atoms with Gasteiger partial charge in [0.05, 0.1) is 17.4 Å². The van der Waals surface area contributed by atoms with Gasteiger partial charge in [0.25, 0.3) is 0 Å². The van der Waals surface area contributed by atoms with Crippen LogP contribution in [0.3, 0.4) is 0 Å². The number of hydrogen-bond acceptors (Lipinski definition) is 6. The summed E-state index contributed by atoms with van der Waals surface area (Å²) in [4.78, 5) is 25.1. The molecule has 0 spiro atoms. The van der Waals surface area contributed by atoms with Gasteiger partial charge in [0.1, 0.15) is 17.1 Å². The lowest BCUT2D eigenvalue weighted by Crippen LogP contribution is -2.16. The van der Waals surface area contributed by atoms with Gasteiger partial charge in [-0.3, -0.25) is 9.59 Å². The summed E-state index contributed by atoms with van der Waals surface area (Å²) in [7, 11) is 0. The molecule has 0 aliphatic heterocycles. The summed E-state index contributed by atoms with van der Waals surface area (Å²) in [5.41, 5.74) is -1.76. The summed E-state index contributed by atoms with van der Waals surface area (Å²) < 4.78 is 57.0. The molecule has 2 aromatic carbocycles. The highest BCUT2D eigenvalue weighted by molar-refractivity contribution is 9.10. The topological polar surface area (TPSA) is 82.5 Å². The van der Waals surface area contributed by atoms with Gasteiger partial charge < -0.3 is 13.7 Å². The first-order valence-electron chi connectivity index (χ1n) is 9.37. The monoisotopic (exact) mass is 541 g/mol. The highest BCUT2D eigenvalue weighted by Crippen LogP contribution is 2.38. The van der Waals surface area contributed by atoms with E-state index in [1.807, 2.05) is 0 Å². The van der Waals surface area contributed by atoms with Crippen LogP contribution in [-0.4, -0.2) is 11.1 Å². The zero-order chi connectivity index (χ0) is 23.8. The van der Waals surface area contributed by atoms with Gasteiger partial charge in [0.15, 0.2) is 5.15 Å². The SMILES string of the molecule is O=C(CCc1cc(Cl)no1)Oc1ccc2c(=O)c(-c3ccc(Br)cc3)c(C(F)(F)F)oc2c1. The molecule has 0 amide bonds. The van der Waals surface area contributed by atoms with Crippen LogP contribution in [0.5, 0.6) is 5.75 Å². The van der Waals surface area contributed by atoms with Crippen molar-refractivity contribution in [2.45, 2.75) is 19.0 Å². The molecular weight excluding hydrogens is 531 g/mol. The Hall–Kier alpha value is -3.11. The Morgan fingerprint density at radius 1 is 1.12 bits per heavy atom. The molecular formula is C22H12BrClF3NO5. The number of aromatic nitrogens is 1. The Kier molecular flexibility index (Phi) is 6.31. The third-order valence-electron chi connectivity index (χ3n) is 4.59. The van der Waals surface area contributed by atoms with Crippen LogP contribution >= 0.6 is 27.5 Å². The first-order valence-corrected chi connectivity index (χ1v) is 10.5. The van der Waals surface area contributed by atoms with Gasteiger partial charge in [0, 0.05) is 23.0 Å². The molecule has 6 nitrogen and oxygen atoms in total. The molecule has 0 unspecified atom stereocenters. The largest absolute Gasteiger partial charge is 0.450 e. The maximum atomic E-state index is 13.7. The summed E-state index contributed by atoms with van der Waals surface area (Å²) in [6.45, 7) is 0. The zero-order valence-corrected chi connectivity index (χ0v) is 18.8. The second kappa shape index (κ2) is 9.03. The van der Waals surface area contributed by atoms with E-state index in [0.717, 1.165) is 6.07 Å². The Morgan fingerprint density at radius 2 is 1.85 bits per heavy atom. The van der Waals surface area contributed by atoms with Crippen molar-refractivity contribution in [3.63, 3.8) is 0 Å². The Morgan fingerprint density at radius 3 is 2.48 bits per heavy atom. The van der Waals surface area contributed by atoms with E-state index in [0.29, 0.717) is 10.2 Å². The van der Waals surface area contributed by atoms with Crippen LogP contribution in [0.15, 0.2) is 66.7 Å². The summed E-state index contributed by atoms with van der Waals surface area (Å²) in [6.07, 6.45) is -4.86. The average Bonchev–Trinajstić information content (AvgIpc) is 3.17. The number of nitrogens with zero attached hydrogens (tertiary/aromatic N) is 1. The fraction of sp³-hybridized carbons (Fsp3) is 0.136. The molecule has 11 heteroatoms. The fourth-order valence-corrected chi connectivity index (χ4v) is 3.55. The number of halogens is 5. The molecule has 0 saturated heterocycles. The third kappa shape index (κ3) is 5.12. The average molecular weight is 543 g/mol. The molecule has 0 atom stereocenters. The number of carbonyl (C=O) groups excluding carboxylic acids is 1. The number of esters is 1. The van der Waals surface area contributed by atoms with Gasteiger partial charge in [-0.2, -0.15) is 13.2 Å². The van der Waals surface area contributed by atoms with E-state index in [1.54, 1.807) is 0 Å². The van der Waals surface area contributed by atoms with Crippen LogP contribution in [0.25, 0.3) is 22.1 Å². The lowest BCUT2D eigenvalue weighted by molar-refractivity contribution is -0.152. The second-order valence-electron chi connectivity index (χ2n) is 6.89. The minimum atomic E-state index is -4.93. The van der Waals surface area contributed by atoms with Crippen molar-refractivity contribution in [2.75, 3.05) is 0 Å². The Bertz CT molecular complexity index is 1400. The van der Waals surface area contributed by atoms with E-state index in [9.17, 15) is 22.8 Å². The number of ether oxygens (including phenoxy) is 1. The van der Waals surface area contributed by atoms with Gasteiger partial charge in [-0.1, -0.05) is 44.8 Å². The third-order valence-corrected chi connectivity index (χ3v) is 5.30. The van der Waals surface area contributed by atoms with Crippen molar-refractivity contribution in [1.29, 1.82) is 0 Å². The number of rotatable bonds is 5. The van der Waals surface area contributed by atoms with E-state index in [2.05, 4.69) is 21.1 Å². The second-order valence-corrected chi connectivity index (χ2v) is 8.19. The van der Waals surface area contributed by atoms with E-state index < -0.39 is 28.9 Å². The Balaban J connectivity index is 1.67. The van der Waals surface area contributed by atoms with Crippen molar-refractivity contribution >= 4 is 44.5 Å². The molecule has 0 saturated carbocycles. The number of benzene rings is 2. The number of fused-ring (bicyclic) bond motifs is 1. The van der Waals surface area contributed by atoms with Crippen molar-refractivity contribution in [2.24, 2.45) is 0 Å². The molecule has 0 bridgehead atoms. The summed E-state index contributed by atoms with van der Waals surface area (Å²) >= 11 is 8.84. The highest BCUT2D eigenvalue weighted by atomic mass is 79.9. The number of hydrogen-bond donors (Lipinski definition) is 0. The molecule has 0 radical (unpaired) electrons. The Labute approximate surface area is 197 Å². The highest BCUT2D eigenvalue weighted by Gasteiger charge is 2.39. The van der Waals surface area contributed by atoms with Crippen LogP contribution in [-0.2, 0) is 17.4 Å². The number of alkyl halides is 3. The molecule has 0 aliphatic carbocycles.